The second-order valence-corrected chi connectivity index (χ2v) is 8.94. The Labute approximate surface area is 134 Å². The lowest BCUT2D eigenvalue weighted by Gasteiger charge is -2.23. The number of nitrogens with two attached hydrogens (primary N) is 1. The van der Waals surface area contributed by atoms with Gasteiger partial charge in [-0.2, -0.15) is 4.31 Å². The Morgan fingerprint density at radius 2 is 1.71 bits per heavy atom. The van der Waals surface area contributed by atoms with E-state index >= 15 is 0 Å². The summed E-state index contributed by atoms with van der Waals surface area (Å²) in [5.74, 6) is 1.10. The first-order chi connectivity index (χ1) is 10.0. The third-order valence-electron chi connectivity index (χ3n) is 4.17. The van der Waals surface area contributed by atoms with Crippen LogP contribution in [0.4, 0.5) is 0 Å². The molecule has 1 aromatic carbocycles. The number of rotatable bonds is 7. The van der Waals surface area contributed by atoms with Crippen LogP contribution in [-0.2, 0) is 16.6 Å². The van der Waals surface area contributed by atoms with Crippen LogP contribution in [0.25, 0.3) is 0 Å². The zero-order chi connectivity index (χ0) is 15.0. The van der Waals surface area contributed by atoms with Crippen LogP contribution in [-0.4, -0.2) is 25.8 Å². The maximum absolute atomic E-state index is 13.0. The smallest absolute Gasteiger partial charge is 0.244 e. The van der Waals surface area contributed by atoms with Crippen LogP contribution < -0.4 is 5.73 Å². The van der Waals surface area contributed by atoms with E-state index in [1.165, 1.54) is 0 Å². The lowest BCUT2D eigenvalue weighted by molar-refractivity contribution is 0.382. The fourth-order valence-electron chi connectivity index (χ4n) is 2.46. The molecule has 0 aromatic heterocycles. The molecule has 2 saturated carbocycles. The van der Waals surface area contributed by atoms with Gasteiger partial charge in [-0.25, -0.2) is 8.42 Å². The molecule has 0 aliphatic heterocycles. The molecule has 0 saturated heterocycles. The van der Waals surface area contributed by atoms with Gasteiger partial charge in [-0.15, -0.1) is 0 Å². The van der Waals surface area contributed by atoms with E-state index < -0.39 is 10.0 Å². The maximum Gasteiger partial charge on any atom is 0.244 e. The van der Waals surface area contributed by atoms with Crippen LogP contribution in [0, 0.1) is 11.8 Å². The van der Waals surface area contributed by atoms with Gasteiger partial charge in [-0.3, -0.25) is 0 Å². The van der Waals surface area contributed by atoms with Crippen molar-refractivity contribution in [2.24, 2.45) is 17.6 Å². The number of nitrogens with zero attached hydrogens (tertiary/aromatic N) is 1. The van der Waals surface area contributed by atoms with E-state index in [-0.39, 0.29) is 0 Å². The summed E-state index contributed by atoms with van der Waals surface area (Å²) >= 11 is 3.38. The Kier molecular flexibility index (Phi) is 4.41. The van der Waals surface area contributed by atoms with Gasteiger partial charge in [-0.1, -0.05) is 6.07 Å². The minimum atomic E-state index is -3.44. The average molecular weight is 373 g/mol. The molecule has 6 heteroatoms. The molecule has 0 atom stereocenters. The van der Waals surface area contributed by atoms with Crippen molar-refractivity contribution in [1.29, 1.82) is 0 Å². The Morgan fingerprint density at radius 3 is 2.19 bits per heavy atom. The summed E-state index contributed by atoms with van der Waals surface area (Å²) in [6.07, 6.45) is 4.61. The van der Waals surface area contributed by atoms with Crippen LogP contribution in [0.15, 0.2) is 27.6 Å². The molecule has 116 valence electrons. The second-order valence-electron chi connectivity index (χ2n) is 6.18. The molecular weight excluding hydrogens is 352 g/mol. The van der Waals surface area contributed by atoms with E-state index in [1.807, 2.05) is 6.07 Å². The number of sulfonamides is 1. The molecule has 0 amide bonds. The first-order valence-electron chi connectivity index (χ1n) is 7.49. The molecule has 0 unspecified atom stereocenters. The van der Waals surface area contributed by atoms with Gasteiger partial charge in [-0.05, 0) is 71.1 Å². The van der Waals surface area contributed by atoms with Crippen molar-refractivity contribution in [3.05, 3.63) is 28.2 Å². The predicted octanol–water partition coefficient (Wildman–Crippen LogP) is 2.72. The van der Waals surface area contributed by atoms with Gasteiger partial charge >= 0.3 is 0 Å². The van der Waals surface area contributed by atoms with Gasteiger partial charge in [0, 0.05) is 24.1 Å². The Morgan fingerprint density at radius 1 is 1.14 bits per heavy atom. The summed E-state index contributed by atoms with van der Waals surface area (Å²) in [4.78, 5) is 0.353. The van der Waals surface area contributed by atoms with E-state index in [0.717, 1.165) is 31.2 Å². The fraction of sp³-hybridized carbons (Fsp3) is 0.600. The molecule has 1 aromatic rings. The van der Waals surface area contributed by atoms with Crippen molar-refractivity contribution >= 4 is 26.0 Å². The molecule has 0 spiro atoms. The van der Waals surface area contributed by atoms with Gasteiger partial charge in [0.1, 0.15) is 0 Å². The summed E-state index contributed by atoms with van der Waals surface area (Å²) < 4.78 is 28.3. The second kappa shape index (κ2) is 5.99. The minimum absolute atomic E-state index is 0.348. The van der Waals surface area contributed by atoms with E-state index in [1.54, 1.807) is 16.4 Å². The molecule has 0 radical (unpaired) electrons. The quantitative estimate of drug-likeness (QED) is 0.799. The number of benzene rings is 1. The van der Waals surface area contributed by atoms with Gasteiger partial charge < -0.3 is 5.73 Å². The van der Waals surface area contributed by atoms with Gasteiger partial charge in [0.2, 0.25) is 10.0 Å². The Balaban J connectivity index is 1.91. The van der Waals surface area contributed by atoms with E-state index in [2.05, 4.69) is 15.9 Å². The zero-order valence-corrected chi connectivity index (χ0v) is 14.4. The minimum Gasteiger partial charge on any atom is -0.326 e. The predicted molar refractivity (Wildman–Crippen MR) is 86.2 cm³/mol. The van der Waals surface area contributed by atoms with Crippen LogP contribution >= 0.6 is 15.9 Å². The van der Waals surface area contributed by atoms with Gasteiger partial charge in [0.05, 0.1) is 4.90 Å². The van der Waals surface area contributed by atoms with Gasteiger partial charge in [0.15, 0.2) is 0 Å². The topological polar surface area (TPSA) is 63.4 Å². The fourth-order valence-corrected chi connectivity index (χ4v) is 5.03. The van der Waals surface area contributed by atoms with Crippen LogP contribution in [0.1, 0.15) is 31.2 Å². The number of hydrogen-bond acceptors (Lipinski definition) is 3. The number of hydrogen-bond donors (Lipinski definition) is 1. The first-order valence-corrected chi connectivity index (χ1v) is 9.72. The van der Waals surface area contributed by atoms with Crippen molar-refractivity contribution in [1.82, 2.24) is 4.31 Å². The molecule has 0 bridgehead atoms. The molecular formula is C15H21BrN2O2S. The Bertz CT molecular complexity index is 611. The molecule has 2 fully saturated rings. The molecule has 2 aliphatic carbocycles. The summed E-state index contributed by atoms with van der Waals surface area (Å²) in [6, 6.07) is 5.34. The molecule has 3 rings (SSSR count). The lowest BCUT2D eigenvalue weighted by atomic mass is 10.2. The molecule has 2 N–H and O–H groups in total. The largest absolute Gasteiger partial charge is 0.326 e. The van der Waals surface area contributed by atoms with Crippen LogP contribution in [0.5, 0.6) is 0 Å². The highest BCUT2D eigenvalue weighted by atomic mass is 79.9. The summed E-state index contributed by atoms with van der Waals surface area (Å²) in [5, 5.41) is 0. The Hall–Kier alpha value is -0.430. The highest BCUT2D eigenvalue weighted by Crippen LogP contribution is 2.37. The lowest BCUT2D eigenvalue weighted by Crippen LogP contribution is -2.35. The van der Waals surface area contributed by atoms with Gasteiger partial charge in [0.25, 0.3) is 0 Å². The maximum atomic E-state index is 13.0. The van der Waals surface area contributed by atoms with Crippen molar-refractivity contribution in [2.45, 2.75) is 37.1 Å². The van der Waals surface area contributed by atoms with Crippen molar-refractivity contribution in [3.63, 3.8) is 0 Å². The monoisotopic (exact) mass is 372 g/mol. The summed E-state index contributed by atoms with van der Waals surface area (Å²) in [5.41, 5.74) is 6.49. The van der Waals surface area contributed by atoms with Crippen molar-refractivity contribution in [3.8, 4) is 0 Å². The van der Waals surface area contributed by atoms with E-state index in [9.17, 15) is 8.42 Å². The zero-order valence-electron chi connectivity index (χ0n) is 12.0. The van der Waals surface area contributed by atoms with Crippen molar-refractivity contribution < 1.29 is 8.42 Å². The van der Waals surface area contributed by atoms with Crippen molar-refractivity contribution in [2.75, 3.05) is 13.1 Å². The standard InChI is InChI=1S/C15H21BrN2O2S/c16-14-6-5-13(8-17)7-15(14)21(19,20)18(9-11-1-2-11)10-12-3-4-12/h5-7,11-12H,1-4,8-10,17H2. The third-order valence-corrected chi connectivity index (χ3v) is 6.99. The van der Waals surface area contributed by atoms with Crippen LogP contribution in [0.2, 0.25) is 0 Å². The molecule has 21 heavy (non-hydrogen) atoms. The van der Waals surface area contributed by atoms with Crippen LogP contribution in [0.3, 0.4) is 0 Å². The van der Waals surface area contributed by atoms with E-state index in [0.29, 0.717) is 40.8 Å². The normalized spacial score (nSPS) is 19.2. The molecule has 2 aliphatic rings. The molecule has 0 heterocycles. The highest BCUT2D eigenvalue weighted by molar-refractivity contribution is 9.10. The summed E-state index contributed by atoms with van der Waals surface area (Å²) in [6.45, 7) is 1.68. The first kappa shape index (κ1) is 15.5. The summed E-state index contributed by atoms with van der Waals surface area (Å²) in [7, 11) is -3.44. The molecule has 4 nitrogen and oxygen atoms in total. The average Bonchev–Trinajstić information content (AvgIpc) is 3.33. The number of halogens is 1. The highest BCUT2D eigenvalue weighted by Gasteiger charge is 2.36. The van der Waals surface area contributed by atoms with E-state index in [4.69, 9.17) is 5.73 Å². The SMILES string of the molecule is NCc1ccc(Br)c(S(=O)(=O)N(CC2CC2)CC2CC2)c1. The third kappa shape index (κ3) is 3.67.